The zero-order valence-electron chi connectivity index (χ0n) is 17.9. The van der Waals surface area contributed by atoms with Crippen LogP contribution in [0.15, 0.2) is 42.0 Å². The molecule has 30 heavy (non-hydrogen) atoms. The van der Waals surface area contributed by atoms with E-state index in [4.69, 9.17) is 4.74 Å². The van der Waals surface area contributed by atoms with Crippen LogP contribution in [0.3, 0.4) is 0 Å². The van der Waals surface area contributed by atoms with Gasteiger partial charge in [0.2, 0.25) is 0 Å². The van der Waals surface area contributed by atoms with E-state index in [9.17, 15) is 15.0 Å². The van der Waals surface area contributed by atoms with Crippen molar-refractivity contribution < 1.29 is 19.7 Å². The summed E-state index contributed by atoms with van der Waals surface area (Å²) in [6, 6.07) is 9.32. The van der Waals surface area contributed by atoms with Crippen LogP contribution in [0, 0.1) is 28.6 Å². The first-order chi connectivity index (χ1) is 14.5. The molecule has 0 amide bonds. The monoisotopic (exact) mass is 410 g/mol. The molecule has 0 radical (unpaired) electrons. The SMILES string of the molecule is C[C@]12CC[C@@H]3[C@H](CC=C4C[C@@H](O)CC[C@@]43CO)[C@H]1CC[C@@H]2OC(=O)c1ccccc1. The zero-order chi connectivity index (χ0) is 20.9. The molecule has 0 aliphatic heterocycles. The first kappa shape index (κ1) is 20.3. The van der Waals surface area contributed by atoms with Crippen LogP contribution in [0.1, 0.15) is 68.6 Å². The Bertz CT molecular complexity index is 833. The van der Waals surface area contributed by atoms with Crippen molar-refractivity contribution >= 4 is 5.97 Å². The Morgan fingerprint density at radius 2 is 1.90 bits per heavy atom. The molecule has 0 heterocycles. The molecule has 5 rings (SSSR count). The Hall–Kier alpha value is -1.65. The molecule has 3 saturated carbocycles. The van der Waals surface area contributed by atoms with Crippen molar-refractivity contribution in [2.75, 3.05) is 6.61 Å². The van der Waals surface area contributed by atoms with Crippen LogP contribution in [0.25, 0.3) is 0 Å². The second-order valence-corrected chi connectivity index (χ2v) is 10.4. The minimum atomic E-state index is -0.255. The number of hydrogen-bond donors (Lipinski definition) is 2. The summed E-state index contributed by atoms with van der Waals surface area (Å²) in [6.45, 7) is 2.53. The summed E-state index contributed by atoms with van der Waals surface area (Å²) in [5, 5.41) is 20.7. The molecule has 4 aliphatic carbocycles. The molecule has 4 aliphatic rings. The molecule has 1 aromatic carbocycles. The van der Waals surface area contributed by atoms with Crippen molar-refractivity contribution in [2.45, 2.75) is 70.5 Å². The van der Waals surface area contributed by atoms with Crippen molar-refractivity contribution in [3.05, 3.63) is 47.5 Å². The van der Waals surface area contributed by atoms with E-state index in [1.165, 1.54) is 5.57 Å². The van der Waals surface area contributed by atoms with Gasteiger partial charge in [-0.2, -0.15) is 0 Å². The average molecular weight is 411 g/mol. The first-order valence-corrected chi connectivity index (χ1v) is 11.7. The minimum absolute atomic E-state index is 0.0157. The highest BCUT2D eigenvalue weighted by Gasteiger charge is 2.60. The third-order valence-corrected chi connectivity index (χ3v) is 9.26. The number of carbonyl (C=O) groups is 1. The number of ether oxygens (including phenoxy) is 1. The second kappa shape index (κ2) is 7.49. The van der Waals surface area contributed by atoms with Crippen molar-refractivity contribution in [1.82, 2.24) is 0 Å². The van der Waals surface area contributed by atoms with Gasteiger partial charge in [-0.3, -0.25) is 0 Å². The van der Waals surface area contributed by atoms with E-state index >= 15 is 0 Å². The fourth-order valence-electron chi connectivity index (χ4n) is 7.65. The Morgan fingerprint density at radius 1 is 1.10 bits per heavy atom. The van der Waals surface area contributed by atoms with Crippen LogP contribution >= 0.6 is 0 Å². The van der Waals surface area contributed by atoms with E-state index in [0.29, 0.717) is 23.3 Å². The standard InChI is InChI=1S/C26H34O4/c1-25-13-12-22-20(8-7-18-15-19(28)11-14-26(18,22)16-27)21(25)9-10-23(25)30-24(29)17-5-3-2-4-6-17/h2-7,19-23,27-28H,8-16H2,1H3/t19-,20+,21+,22+,23-,25-,26+/m0/s1. The molecule has 7 atom stereocenters. The van der Waals surface area contributed by atoms with Gasteiger partial charge in [0, 0.05) is 10.8 Å². The highest BCUT2D eigenvalue weighted by Crippen LogP contribution is 2.65. The Labute approximate surface area is 179 Å². The number of allylic oxidation sites excluding steroid dienone is 1. The zero-order valence-corrected chi connectivity index (χ0v) is 17.9. The van der Waals surface area contributed by atoms with Gasteiger partial charge in [-0.05, 0) is 81.3 Å². The largest absolute Gasteiger partial charge is 0.458 e. The van der Waals surface area contributed by atoms with Gasteiger partial charge in [-0.1, -0.05) is 36.8 Å². The van der Waals surface area contributed by atoms with Crippen LogP contribution < -0.4 is 0 Å². The van der Waals surface area contributed by atoms with Crippen LogP contribution in [0.5, 0.6) is 0 Å². The maximum atomic E-state index is 12.7. The summed E-state index contributed by atoms with van der Waals surface area (Å²) in [6.07, 6.45) is 9.66. The van der Waals surface area contributed by atoms with E-state index in [0.717, 1.165) is 51.4 Å². The summed E-state index contributed by atoms with van der Waals surface area (Å²) < 4.78 is 6.08. The first-order valence-electron chi connectivity index (χ1n) is 11.7. The lowest BCUT2D eigenvalue weighted by Crippen LogP contribution is -2.53. The highest BCUT2D eigenvalue weighted by molar-refractivity contribution is 5.89. The number of hydrogen-bond acceptors (Lipinski definition) is 4. The van der Waals surface area contributed by atoms with Crippen molar-refractivity contribution in [3.63, 3.8) is 0 Å². The van der Waals surface area contributed by atoms with Crippen LogP contribution in [0.2, 0.25) is 0 Å². The fraction of sp³-hybridized carbons (Fsp3) is 0.654. The predicted octanol–water partition coefficient (Wildman–Crippen LogP) is 4.51. The lowest BCUT2D eigenvalue weighted by Gasteiger charge is -2.58. The molecule has 2 N–H and O–H groups in total. The van der Waals surface area contributed by atoms with E-state index in [2.05, 4.69) is 13.0 Å². The second-order valence-electron chi connectivity index (χ2n) is 10.4. The van der Waals surface area contributed by atoms with E-state index in [1.807, 2.05) is 30.3 Å². The fourth-order valence-corrected chi connectivity index (χ4v) is 7.65. The predicted molar refractivity (Wildman–Crippen MR) is 115 cm³/mol. The van der Waals surface area contributed by atoms with Crippen molar-refractivity contribution in [3.8, 4) is 0 Å². The average Bonchev–Trinajstić information content (AvgIpc) is 3.10. The number of benzene rings is 1. The summed E-state index contributed by atoms with van der Waals surface area (Å²) in [5.41, 5.74) is 1.81. The molecule has 162 valence electrons. The number of rotatable bonds is 3. The normalized spacial score (nSPS) is 42.5. The van der Waals surface area contributed by atoms with Gasteiger partial charge in [0.25, 0.3) is 0 Å². The van der Waals surface area contributed by atoms with Gasteiger partial charge in [0.15, 0.2) is 0 Å². The van der Waals surface area contributed by atoms with E-state index < -0.39 is 0 Å². The van der Waals surface area contributed by atoms with Crippen molar-refractivity contribution in [1.29, 1.82) is 0 Å². The molecule has 0 aromatic heterocycles. The van der Waals surface area contributed by atoms with Gasteiger partial charge in [-0.15, -0.1) is 0 Å². The van der Waals surface area contributed by atoms with Gasteiger partial charge in [-0.25, -0.2) is 4.79 Å². The summed E-state index contributed by atoms with van der Waals surface area (Å²) in [4.78, 5) is 12.7. The number of fused-ring (bicyclic) bond motifs is 5. The molecule has 3 fully saturated rings. The number of esters is 1. The number of aliphatic hydroxyl groups excluding tert-OH is 2. The quantitative estimate of drug-likeness (QED) is 0.568. The van der Waals surface area contributed by atoms with Crippen LogP contribution in [-0.4, -0.2) is 35.0 Å². The number of carbonyl (C=O) groups excluding carboxylic acids is 1. The molecule has 4 heteroatoms. The smallest absolute Gasteiger partial charge is 0.338 e. The van der Waals surface area contributed by atoms with Crippen LogP contribution in [0.4, 0.5) is 0 Å². The molecule has 0 spiro atoms. The van der Waals surface area contributed by atoms with Gasteiger partial charge in [0.05, 0.1) is 18.3 Å². The molecular weight excluding hydrogens is 376 g/mol. The topological polar surface area (TPSA) is 66.8 Å². The minimum Gasteiger partial charge on any atom is -0.458 e. The molecule has 0 bridgehead atoms. The molecule has 1 aromatic rings. The lowest BCUT2D eigenvalue weighted by molar-refractivity contribution is -0.0927. The number of aliphatic hydroxyl groups is 2. The van der Waals surface area contributed by atoms with E-state index in [1.54, 1.807) is 0 Å². The van der Waals surface area contributed by atoms with Crippen molar-refractivity contribution in [2.24, 2.45) is 28.6 Å². The molecule has 4 nitrogen and oxygen atoms in total. The Kier molecular flexibility index (Phi) is 5.06. The maximum absolute atomic E-state index is 12.7. The molecule has 0 saturated heterocycles. The van der Waals surface area contributed by atoms with Gasteiger partial charge in [0.1, 0.15) is 6.10 Å². The Balaban J connectivity index is 1.38. The third kappa shape index (κ3) is 2.98. The van der Waals surface area contributed by atoms with Crippen LogP contribution in [-0.2, 0) is 4.74 Å². The summed E-state index contributed by atoms with van der Waals surface area (Å²) in [7, 11) is 0. The highest BCUT2D eigenvalue weighted by atomic mass is 16.5. The molecular formula is C26H34O4. The summed E-state index contributed by atoms with van der Waals surface area (Å²) in [5.74, 6) is 1.34. The lowest BCUT2D eigenvalue weighted by atomic mass is 9.47. The third-order valence-electron chi connectivity index (χ3n) is 9.26. The molecule has 0 unspecified atom stereocenters. The Morgan fingerprint density at radius 3 is 2.67 bits per heavy atom. The van der Waals surface area contributed by atoms with Gasteiger partial charge >= 0.3 is 5.97 Å². The maximum Gasteiger partial charge on any atom is 0.338 e. The van der Waals surface area contributed by atoms with Gasteiger partial charge < -0.3 is 14.9 Å². The van der Waals surface area contributed by atoms with E-state index in [-0.39, 0.29) is 35.6 Å². The summed E-state index contributed by atoms with van der Waals surface area (Å²) >= 11 is 0.